The number of rotatable bonds is 1. The first-order valence-electron chi connectivity index (χ1n) is 4.61. The van der Waals surface area contributed by atoms with Crippen LogP contribution in [0.1, 0.15) is 5.56 Å². The van der Waals surface area contributed by atoms with E-state index in [2.05, 4.69) is 9.97 Å². The van der Waals surface area contributed by atoms with Crippen LogP contribution in [0.25, 0.3) is 11.4 Å². The maximum absolute atomic E-state index is 5.83. The lowest BCUT2D eigenvalue weighted by molar-refractivity contribution is 1.22. The molecule has 0 aliphatic heterocycles. The zero-order valence-electron chi connectivity index (χ0n) is 8.44. The molecule has 2 aromatic heterocycles. The lowest BCUT2D eigenvalue weighted by Crippen LogP contribution is -2.00. The van der Waals surface area contributed by atoms with Crippen molar-refractivity contribution in [2.75, 3.05) is 11.5 Å². The van der Waals surface area contributed by atoms with E-state index in [4.69, 9.17) is 11.5 Å². The maximum Gasteiger partial charge on any atom is 0.114 e. The van der Waals surface area contributed by atoms with Gasteiger partial charge in [-0.1, -0.05) is 6.07 Å². The van der Waals surface area contributed by atoms with Gasteiger partial charge in [0, 0.05) is 12.4 Å². The molecule has 0 aromatic carbocycles. The van der Waals surface area contributed by atoms with Crippen molar-refractivity contribution < 1.29 is 0 Å². The normalized spacial score (nSPS) is 10.2. The van der Waals surface area contributed by atoms with Gasteiger partial charge in [-0.2, -0.15) is 0 Å². The zero-order chi connectivity index (χ0) is 10.8. The van der Waals surface area contributed by atoms with Gasteiger partial charge in [0.1, 0.15) is 5.69 Å². The SMILES string of the molecule is Cc1ccc(-c2nccc(N)c2N)nc1. The number of nitrogens with zero attached hydrogens (tertiary/aromatic N) is 2. The van der Waals surface area contributed by atoms with Crippen molar-refractivity contribution in [1.82, 2.24) is 9.97 Å². The number of nitrogens with two attached hydrogens (primary N) is 2. The first kappa shape index (κ1) is 9.45. The monoisotopic (exact) mass is 200 g/mol. The van der Waals surface area contributed by atoms with Crippen LogP contribution in [0.2, 0.25) is 0 Å². The summed E-state index contributed by atoms with van der Waals surface area (Å²) >= 11 is 0. The lowest BCUT2D eigenvalue weighted by atomic mass is 10.2. The zero-order valence-corrected chi connectivity index (χ0v) is 8.44. The fourth-order valence-corrected chi connectivity index (χ4v) is 1.30. The third-order valence-electron chi connectivity index (χ3n) is 2.18. The summed E-state index contributed by atoms with van der Waals surface area (Å²) in [6, 6.07) is 5.52. The second kappa shape index (κ2) is 3.57. The average molecular weight is 200 g/mol. The molecule has 4 heteroatoms. The molecule has 0 amide bonds. The summed E-state index contributed by atoms with van der Waals surface area (Å²) in [7, 11) is 0. The third kappa shape index (κ3) is 1.74. The molecule has 4 N–H and O–H groups in total. The van der Waals surface area contributed by atoms with Gasteiger partial charge in [-0.3, -0.25) is 9.97 Å². The van der Waals surface area contributed by atoms with E-state index >= 15 is 0 Å². The molecule has 2 heterocycles. The highest BCUT2D eigenvalue weighted by Gasteiger charge is 2.07. The summed E-state index contributed by atoms with van der Waals surface area (Å²) in [5.41, 5.74) is 15.0. The molecular weight excluding hydrogens is 188 g/mol. The predicted octanol–water partition coefficient (Wildman–Crippen LogP) is 1.62. The quantitative estimate of drug-likeness (QED) is 0.733. The van der Waals surface area contributed by atoms with Crippen molar-refractivity contribution in [2.45, 2.75) is 6.92 Å². The summed E-state index contributed by atoms with van der Waals surface area (Å²) in [4.78, 5) is 8.42. The van der Waals surface area contributed by atoms with Gasteiger partial charge < -0.3 is 11.5 Å². The van der Waals surface area contributed by atoms with Gasteiger partial charge in [0.05, 0.1) is 17.1 Å². The van der Waals surface area contributed by atoms with Crippen LogP contribution in [0.5, 0.6) is 0 Å². The lowest BCUT2D eigenvalue weighted by Gasteiger charge is -2.06. The van der Waals surface area contributed by atoms with E-state index in [1.165, 1.54) is 0 Å². The number of aryl methyl sites for hydroxylation is 1. The van der Waals surface area contributed by atoms with Gasteiger partial charge in [-0.25, -0.2) is 0 Å². The second-order valence-electron chi connectivity index (χ2n) is 3.38. The van der Waals surface area contributed by atoms with Crippen LogP contribution in [-0.4, -0.2) is 9.97 Å². The molecule has 0 unspecified atom stereocenters. The van der Waals surface area contributed by atoms with E-state index in [0.29, 0.717) is 17.1 Å². The van der Waals surface area contributed by atoms with Crippen LogP contribution in [0.4, 0.5) is 11.4 Å². The first-order valence-corrected chi connectivity index (χ1v) is 4.61. The highest BCUT2D eigenvalue weighted by Crippen LogP contribution is 2.25. The topological polar surface area (TPSA) is 77.8 Å². The molecule has 0 bridgehead atoms. The first-order chi connectivity index (χ1) is 7.18. The molecule has 0 aliphatic rings. The average Bonchev–Trinajstić information content (AvgIpc) is 2.24. The minimum Gasteiger partial charge on any atom is -0.397 e. The summed E-state index contributed by atoms with van der Waals surface area (Å²) in [6.45, 7) is 1.98. The van der Waals surface area contributed by atoms with E-state index in [-0.39, 0.29) is 0 Å². The molecule has 2 rings (SSSR count). The van der Waals surface area contributed by atoms with Crippen molar-refractivity contribution in [2.24, 2.45) is 0 Å². The predicted molar refractivity (Wildman–Crippen MR) is 61.0 cm³/mol. The molecule has 0 saturated carbocycles. The Balaban J connectivity index is 2.54. The molecule has 4 nitrogen and oxygen atoms in total. The van der Waals surface area contributed by atoms with Gasteiger partial charge in [-0.15, -0.1) is 0 Å². The minimum atomic E-state index is 0.480. The third-order valence-corrected chi connectivity index (χ3v) is 2.18. The number of anilines is 2. The molecule has 0 aliphatic carbocycles. The maximum atomic E-state index is 5.83. The summed E-state index contributed by atoms with van der Waals surface area (Å²) in [6.07, 6.45) is 3.40. The van der Waals surface area contributed by atoms with Crippen molar-refractivity contribution in [3.8, 4) is 11.4 Å². The molecule has 0 radical (unpaired) electrons. The number of hydrogen-bond acceptors (Lipinski definition) is 4. The molecule has 0 saturated heterocycles. The Bertz CT molecular complexity index is 476. The minimum absolute atomic E-state index is 0.480. The Hall–Kier alpha value is -2.10. The standard InChI is InChI=1S/C11H12N4/c1-7-2-3-9(15-6-7)11-10(13)8(12)4-5-14-11/h2-6H,13H2,1H3,(H2,12,14). The summed E-state index contributed by atoms with van der Waals surface area (Å²) in [5, 5.41) is 0. The number of pyridine rings is 2. The van der Waals surface area contributed by atoms with E-state index in [0.717, 1.165) is 11.3 Å². The van der Waals surface area contributed by atoms with Crippen molar-refractivity contribution in [3.63, 3.8) is 0 Å². The van der Waals surface area contributed by atoms with Gasteiger partial charge >= 0.3 is 0 Å². The van der Waals surface area contributed by atoms with Gasteiger partial charge in [0.25, 0.3) is 0 Å². The van der Waals surface area contributed by atoms with Gasteiger partial charge in [0.2, 0.25) is 0 Å². The fourth-order valence-electron chi connectivity index (χ4n) is 1.30. The molecule has 2 aromatic rings. The van der Waals surface area contributed by atoms with Gasteiger partial charge in [0.15, 0.2) is 0 Å². The number of nitrogen functional groups attached to an aromatic ring is 2. The largest absolute Gasteiger partial charge is 0.397 e. The van der Waals surface area contributed by atoms with Crippen LogP contribution in [-0.2, 0) is 0 Å². The van der Waals surface area contributed by atoms with E-state index in [1.54, 1.807) is 18.5 Å². The molecule has 0 spiro atoms. The second-order valence-corrected chi connectivity index (χ2v) is 3.38. The molecule has 15 heavy (non-hydrogen) atoms. The van der Waals surface area contributed by atoms with Crippen LogP contribution in [0.3, 0.4) is 0 Å². The van der Waals surface area contributed by atoms with Gasteiger partial charge in [-0.05, 0) is 24.6 Å². The molecule has 0 atom stereocenters. The Kier molecular flexibility index (Phi) is 2.25. The van der Waals surface area contributed by atoms with Crippen molar-refractivity contribution in [3.05, 3.63) is 36.2 Å². The molecular formula is C11H12N4. The van der Waals surface area contributed by atoms with E-state index in [1.807, 2.05) is 19.1 Å². The van der Waals surface area contributed by atoms with Crippen LogP contribution < -0.4 is 11.5 Å². The molecule has 0 fully saturated rings. The van der Waals surface area contributed by atoms with E-state index in [9.17, 15) is 0 Å². The number of hydrogen-bond donors (Lipinski definition) is 2. The fraction of sp³-hybridized carbons (Fsp3) is 0.0909. The number of aromatic nitrogens is 2. The Morgan fingerprint density at radius 2 is 1.87 bits per heavy atom. The van der Waals surface area contributed by atoms with Crippen LogP contribution in [0.15, 0.2) is 30.6 Å². The highest BCUT2D eigenvalue weighted by molar-refractivity contribution is 5.79. The van der Waals surface area contributed by atoms with Crippen LogP contribution in [0, 0.1) is 6.92 Å². The Labute approximate surface area is 88.0 Å². The Morgan fingerprint density at radius 1 is 1.07 bits per heavy atom. The Morgan fingerprint density at radius 3 is 2.53 bits per heavy atom. The van der Waals surface area contributed by atoms with Crippen LogP contribution >= 0.6 is 0 Å². The summed E-state index contributed by atoms with van der Waals surface area (Å²) in [5.74, 6) is 0. The smallest absolute Gasteiger partial charge is 0.114 e. The summed E-state index contributed by atoms with van der Waals surface area (Å²) < 4.78 is 0. The van der Waals surface area contributed by atoms with E-state index < -0.39 is 0 Å². The van der Waals surface area contributed by atoms with Crippen molar-refractivity contribution >= 4 is 11.4 Å². The van der Waals surface area contributed by atoms with Crippen molar-refractivity contribution in [1.29, 1.82) is 0 Å². The molecule has 76 valence electrons. The highest BCUT2D eigenvalue weighted by atomic mass is 14.8.